The lowest BCUT2D eigenvalue weighted by Crippen LogP contribution is -2.39. The van der Waals surface area contributed by atoms with Gasteiger partial charge in [-0.3, -0.25) is 14.6 Å². The number of ether oxygens (including phenoxy) is 1. The summed E-state index contributed by atoms with van der Waals surface area (Å²) in [5.74, 6) is 0.377. The Morgan fingerprint density at radius 2 is 1.77 bits per heavy atom. The Morgan fingerprint density at radius 1 is 1.08 bits per heavy atom. The van der Waals surface area contributed by atoms with Crippen LogP contribution in [0, 0.1) is 19.8 Å². The van der Waals surface area contributed by atoms with E-state index in [1.807, 2.05) is 6.92 Å². The Hall–Kier alpha value is -2.37. The number of fused-ring (bicyclic) bond motifs is 1. The van der Waals surface area contributed by atoms with Crippen molar-refractivity contribution in [2.75, 3.05) is 57.4 Å². The van der Waals surface area contributed by atoms with E-state index in [0.717, 1.165) is 67.9 Å². The van der Waals surface area contributed by atoms with Crippen LogP contribution in [0.1, 0.15) is 47.7 Å². The number of hydrogen-bond donors (Lipinski definition) is 0. The van der Waals surface area contributed by atoms with Crippen LogP contribution >= 0.6 is 11.3 Å². The third kappa shape index (κ3) is 6.36. The summed E-state index contributed by atoms with van der Waals surface area (Å²) in [6.45, 7) is 12.0. The first-order valence-electron chi connectivity index (χ1n) is 13.8. The molecule has 0 radical (unpaired) electrons. The number of morpholine rings is 1. The molecule has 2 aliphatic heterocycles. The number of aryl methyl sites for hydroxylation is 2. The van der Waals surface area contributed by atoms with Crippen LogP contribution < -0.4 is 4.90 Å². The van der Waals surface area contributed by atoms with E-state index in [0.29, 0.717) is 36.2 Å². The molecular formula is C29H38N4O4S2. The van der Waals surface area contributed by atoms with Crippen molar-refractivity contribution in [1.82, 2.24) is 14.2 Å². The molecule has 0 aliphatic carbocycles. The normalized spacial score (nSPS) is 18.0. The quantitative estimate of drug-likeness (QED) is 0.390. The smallest absolute Gasteiger partial charge is 0.260 e. The number of sulfonamides is 1. The highest BCUT2D eigenvalue weighted by molar-refractivity contribution is 7.89. The van der Waals surface area contributed by atoms with Gasteiger partial charge in [0.2, 0.25) is 10.0 Å². The SMILES string of the molecule is Cc1cc(C)c2nc(N(CCCN3CCOCC3)C(=O)c3ccc(S(=O)(=O)N4CCC(C)CC4)cc3)sc2c1. The van der Waals surface area contributed by atoms with Gasteiger partial charge in [0.05, 0.1) is 28.3 Å². The number of benzene rings is 2. The molecule has 0 saturated carbocycles. The Labute approximate surface area is 235 Å². The van der Waals surface area contributed by atoms with Crippen molar-refractivity contribution in [2.45, 2.75) is 44.9 Å². The summed E-state index contributed by atoms with van der Waals surface area (Å²) in [5, 5.41) is 0.671. The third-order valence-corrected chi connectivity index (χ3v) is 10.7. The second kappa shape index (κ2) is 12.0. The van der Waals surface area contributed by atoms with E-state index >= 15 is 0 Å². The van der Waals surface area contributed by atoms with E-state index in [4.69, 9.17) is 9.72 Å². The molecule has 0 atom stereocenters. The largest absolute Gasteiger partial charge is 0.379 e. The maximum absolute atomic E-state index is 13.9. The molecule has 3 heterocycles. The summed E-state index contributed by atoms with van der Waals surface area (Å²) in [4.78, 5) is 23.1. The molecule has 39 heavy (non-hydrogen) atoms. The molecule has 3 aromatic rings. The summed E-state index contributed by atoms with van der Waals surface area (Å²) in [5.41, 5.74) is 3.64. The number of thiazole rings is 1. The van der Waals surface area contributed by atoms with Crippen molar-refractivity contribution < 1.29 is 17.9 Å². The van der Waals surface area contributed by atoms with E-state index in [2.05, 4.69) is 30.9 Å². The van der Waals surface area contributed by atoms with E-state index < -0.39 is 10.0 Å². The van der Waals surface area contributed by atoms with Gasteiger partial charge in [0.25, 0.3) is 5.91 Å². The number of anilines is 1. The number of nitrogens with zero attached hydrogens (tertiary/aromatic N) is 4. The van der Waals surface area contributed by atoms with Gasteiger partial charge in [0.1, 0.15) is 0 Å². The van der Waals surface area contributed by atoms with Crippen LogP contribution in [0.5, 0.6) is 0 Å². The van der Waals surface area contributed by atoms with Gasteiger partial charge in [-0.15, -0.1) is 0 Å². The van der Waals surface area contributed by atoms with E-state index in [1.165, 1.54) is 16.9 Å². The van der Waals surface area contributed by atoms with Gasteiger partial charge in [-0.1, -0.05) is 24.3 Å². The molecule has 1 aromatic heterocycles. The number of piperidine rings is 1. The standard InChI is InChI=1S/C29H38N4O4S2/c1-21-9-13-32(14-10-21)39(35,36)25-7-5-24(6-8-25)28(34)33(12-4-11-31-15-17-37-18-16-31)29-30-27-23(3)19-22(2)20-26(27)38-29/h5-8,19-21H,4,9-18H2,1-3H3. The molecule has 2 saturated heterocycles. The highest BCUT2D eigenvalue weighted by Crippen LogP contribution is 2.33. The van der Waals surface area contributed by atoms with Crippen molar-refractivity contribution in [2.24, 2.45) is 5.92 Å². The number of carbonyl (C=O) groups is 1. The van der Waals surface area contributed by atoms with E-state index in [-0.39, 0.29) is 10.8 Å². The van der Waals surface area contributed by atoms with Crippen molar-refractivity contribution in [1.29, 1.82) is 0 Å². The Kier molecular flexibility index (Phi) is 8.68. The minimum Gasteiger partial charge on any atom is -0.379 e. The second-order valence-corrected chi connectivity index (χ2v) is 13.7. The number of carbonyl (C=O) groups excluding carboxylic acids is 1. The number of aromatic nitrogens is 1. The average molecular weight is 571 g/mol. The maximum Gasteiger partial charge on any atom is 0.260 e. The van der Waals surface area contributed by atoms with Crippen molar-refractivity contribution in [3.8, 4) is 0 Å². The number of rotatable bonds is 8. The van der Waals surface area contributed by atoms with Crippen molar-refractivity contribution in [3.05, 3.63) is 53.1 Å². The Morgan fingerprint density at radius 3 is 2.46 bits per heavy atom. The molecule has 2 aromatic carbocycles. The monoisotopic (exact) mass is 570 g/mol. The fraction of sp³-hybridized carbons (Fsp3) is 0.517. The predicted octanol–water partition coefficient (Wildman–Crippen LogP) is 4.70. The van der Waals surface area contributed by atoms with Crippen LogP contribution in [-0.2, 0) is 14.8 Å². The van der Waals surface area contributed by atoms with Gasteiger partial charge in [0, 0.05) is 44.8 Å². The zero-order valence-electron chi connectivity index (χ0n) is 23.1. The summed E-state index contributed by atoms with van der Waals surface area (Å²) in [7, 11) is -3.57. The first-order chi connectivity index (χ1) is 18.7. The van der Waals surface area contributed by atoms with Gasteiger partial charge in [-0.25, -0.2) is 13.4 Å². The number of amides is 1. The highest BCUT2D eigenvalue weighted by Gasteiger charge is 2.29. The fourth-order valence-electron chi connectivity index (χ4n) is 5.34. The van der Waals surface area contributed by atoms with Gasteiger partial charge in [-0.2, -0.15) is 4.31 Å². The maximum atomic E-state index is 13.9. The molecular weight excluding hydrogens is 532 g/mol. The minimum atomic E-state index is -3.57. The van der Waals surface area contributed by atoms with Crippen LogP contribution in [-0.4, -0.2) is 81.0 Å². The van der Waals surface area contributed by atoms with Crippen LogP contribution in [0.15, 0.2) is 41.3 Å². The summed E-state index contributed by atoms with van der Waals surface area (Å²) < 4.78 is 34.5. The minimum absolute atomic E-state index is 0.166. The van der Waals surface area contributed by atoms with Gasteiger partial charge < -0.3 is 4.74 Å². The predicted molar refractivity (Wildman–Crippen MR) is 156 cm³/mol. The average Bonchev–Trinajstić information content (AvgIpc) is 3.36. The lowest BCUT2D eigenvalue weighted by Gasteiger charge is -2.29. The van der Waals surface area contributed by atoms with Crippen LogP contribution in [0.25, 0.3) is 10.2 Å². The van der Waals surface area contributed by atoms with Crippen LogP contribution in [0.2, 0.25) is 0 Å². The summed E-state index contributed by atoms with van der Waals surface area (Å²) in [6.07, 6.45) is 2.55. The van der Waals surface area contributed by atoms with Crippen molar-refractivity contribution >= 4 is 42.6 Å². The zero-order chi connectivity index (χ0) is 27.6. The molecule has 0 spiro atoms. The lowest BCUT2D eigenvalue weighted by atomic mass is 10.0. The Balaban J connectivity index is 1.38. The second-order valence-electron chi connectivity index (χ2n) is 10.8. The first-order valence-corrected chi connectivity index (χ1v) is 16.1. The highest BCUT2D eigenvalue weighted by atomic mass is 32.2. The lowest BCUT2D eigenvalue weighted by molar-refractivity contribution is 0.0376. The molecule has 5 rings (SSSR count). The molecule has 0 N–H and O–H groups in total. The van der Waals surface area contributed by atoms with E-state index in [9.17, 15) is 13.2 Å². The molecule has 0 bridgehead atoms. The first kappa shape index (κ1) is 28.2. The molecule has 210 valence electrons. The summed E-state index contributed by atoms with van der Waals surface area (Å²) in [6, 6.07) is 10.6. The molecule has 2 aliphatic rings. The molecule has 1 amide bonds. The fourth-order valence-corrected chi connectivity index (χ4v) is 7.97. The van der Waals surface area contributed by atoms with Gasteiger partial charge >= 0.3 is 0 Å². The molecule has 8 nitrogen and oxygen atoms in total. The van der Waals surface area contributed by atoms with Gasteiger partial charge in [-0.05, 0) is 80.5 Å². The zero-order valence-corrected chi connectivity index (χ0v) is 24.7. The van der Waals surface area contributed by atoms with Gasteiger partial charge in [0.15, 0.2) is 5.13 Å². The molecule has 2 fully saturated rings. The number of hydrogen-bond acceptors (Lipinski definition) is 7. The van der Waals surface area contributed by atoms with E-state index in [1.54, 1.807) is 33.5 Å². The molecule has 10 heteroatoms. The topological polar surface area (TPSA) is 83.0 Å². The Bertz CT molecular complexity index is 1410. The third-order valence-electron chi connectivity index (χ3n) is 7.74. The van der Waals surface area contributed by atoms with Crippen LogP contribution in [0.4, 0.5) is 5.13 Å². The van der Waals surface area contributed by atoms with Crippen LogP contribution in [0.3, 0.4) is 0 Å². The summed E-state index contributed by atoms with van der Waals surface area (Å²) >= 11 is 1.53. The van der Waals surface area contributed by atoms with Crippen molar-refractivity contribution in [3.63, 3.8) is 0 Å². The molecule has 0 unspecified atom stereocenters.